The van der Waals surface area contributed by atoms with E-state index >= 15 is 0 Å². The molecule has 0 atom stereocenters. The van der Waals surface area contributed by atoms with Gasteiger partial charge in [0.1, 0.15) is 0 Å². The molecule has 0 saturated carbocycles. The van der Waals surface area contributed by atoms with E-state index in [1.165, 1.54) is 6.42 Å². The number of rotatable bonds is 7. The third kappa shape index (κ3) is 6.24. The van der Waals surface area contributed by atoms with E-state index in [4.69, 9.17) is 5.73 Å². The first-order valence-corrected chi connectivity index (χ1v) is 6.11. The lowest BCUT2D eigenvalue weighted by Crippen LogP contribution is -2.25. The molecule has 0 aliphatic carbocycles. The largest absolute Gasteiger partial charge is 0.397 e. The molecule has 0 aromatic carbocycles. The summed E-state index contributed by atoms with van der Waals surface area (Å²) in [5.41, 5.74) is 7.44. The molecule has 1 heterocycles. The predicted molar refractivity (Wildman–Crippen MR) is 73.0 cm³/mol. The van der Waals surface area contributed by atoms with Crippen LogP contribution in [-0.2, 0) is 6.42 Å². The smallest absolute Gasteiger partial charge is 0.0501 e. The Morgan fingerprint density at radius 3 is 2.47 bits per heavy atom. The van der Waals surface area contributed by atoms with Gasteiger partial charge in [0.15, 0.2) is 0 Å². The van der Waals surface area contributed by atoms with Gasteiger partial charge in [0.2, 0.25) is 0 Å². The molecule has 0 amide bonds. The topological polar surface area (TPSA) is 45.4 Å². The van der Waals surface area contributed by atoms with Crippen LogP contribution in [0.4, 0.5) is 5.69 Å². The van der Waals surface area contributed by atoms with Gasteiger partial charge >= 0.3 is 0 Å². The van der Waals surface area contributed by atoms with E-state index in [-0.39, 0.29) is 0 Å². The van der Waals surface area contributed by atoms with E-state index < -0.39 is 0 Å². The minimum atomic E-state index is 0.730. The highest BCUT2D eigenvalue weighted by Gasteiger charge is 2.00. The van der Waals surface area contributed by atoms with Crippen LogP contribution in [0.2, 0.25) is 0 Å². The SMILES string of the molecule is CN(C)CCCN(C)CCc1ccc(N)cn1. The van der Waals surface area contributed by atoms with Gasteiger partial charge in [-0.2, -0.15) is 0 Å². The molecule has 4 nitrogen and oxygen atoms in total. The van der Waals surface area contributed by atoms with Crippen LogP contribution in [0.3, 0.4) is 0 Å². The summed E-state index contributed by atoms with van der Waals surface area (Å²) in [6, 6.07) is 3.91. The van der Waals surface area contributed by atoms with Crippen molar-refractivity contribution in [3.8, 4) is 0 Å². The van der Waals surface area contributed by atoms with E-state index in [1.54, 1.807) is 6.20 Å². The molecule has 4 heteroatoms. The summed E-state index contributed by atoms with van der Waals surface area (Å²) in [6.07, 6.45) is 3.92. The number of nitrogen functional groups attached to an aromatic ring is 1. The van der Waals surface area contributed by atoms with Crippen molar-refractivity contribution in [1.82, 2.24) is 14.8 Å². The molecular weight excluding hydrogens is 212 g/mol. The third-order valence-electron chi connectivity index (χ3n) is 2.74. The zero-order chi connectivity index (χ0) is 12.7. The number of anilines is 1. The average Bonchev–Trinajstić information content (AvgIpc) is 2.28. The highest BCUT2D eigenvalue weighted by atomic mass is 15.1. The van der Waals surface area contributed by atoms with Gasteiger partial charge < -0.3 is 15.5 Å². The molecule has 2 N–H and O–H groups in total. The van der Waals surface area contributed by atoms with E-state index in [0.717, 1.165) is 37.4 Å². The van der Waals surface area contributed by atoms with Crippen LogP contribution in [-0.4, -0.2) is 55.6 Å². The number of pyridine rings is 1. The monoisotopic (exact) mass is 236 g/mol. The van der Waals surface area contributed by atoms with E-state index in [9.17, 15) is 0 Å². The van der Waals surface area contributed by atoms with Crippen molar-refractivity contribution in [2.45, 2.75) is 12.8 Å². The lowest BCUT2D eigenvalue weighted by atomic mass is 10.2. The van der Waals surface area contributed by atoms with Crippen LogP contribution in [0.15, 0.2) is 18.3 Å². The lowest BCUT2D eigenvalue weighted by molar-refractivity contribution is 0.302. The second-order valence-corrected chi connectivity index (χ2v) is 4.79. The van der Waals surface area contributed by atoms with Gasteiger partial charge in [-0.05, 0) is 52.8 Å². The lowest BCUT2D eigenvalue weighted by Gasteiger charge is -2.17. The fraction of sp³-hybridized carbons (Fsp3) is 0.615. The highest BCUT2D eigenvalue weighted by Crippen LogP contribution is 2.02. The molecule has 0 aliphatic heterocycles. The molecule has 0 spiro atoms. The zero-order valence-electron chi connectivity index (χ0n) is 11.2. The minimum Gasteiger partial charge on any atom is -0.397 e. The quantitative estimate of drug-likeness (QED) is 0.770. The van der Waals surface area contributed by atoms with Gasteiger partial charge in [0.25, 0.3) is 0 Å². The maximum absolute atomic E-state index is 5.60. The number of likely N-dealkylation sites (N-methyl/N-ethyl adjacent to an activating group) is 1. The second-order valence-electron chi connectivity index (χ2n) is 4.79. The predicted octanol–water partition coefficient (Wildman–Crippen LogP) is 1.09. The van der Waals surface area contributed by atoms with Gasteiger partial charge in [-0.3, -0.25) is 4.98 Å². The van der Waals surface area contributed by atoms with Crippen LogP contribution in [0.5, 0.6) is 0 Å². The zero-order valence-corrected chi connectivity index (χ0v) is 11.2. The van der Waals surface area contributed by atoms with Gasteiger partial charge in [0.05, 0.1) is 11.9 Å². The van der Waals surface area contributed by atoms with Crippen molar-refractivity contribution in [3.05, 3.63) is 24.0 Å². The molecule has 0 fully saturated rings. The molecule has 0 bridgehead atoms. The number of hydrogen-bond donors (Lipinski definition) is 1. The molecule has 0 aliphatic rings. The number of nitrogens with zero attached hydrogens (tertiary/aromatic N) is 3. The van der Waals surface area contributed by atoms with Crippen LogP contribution in [0.25, 0.3) is 0 Å². The van der Waals surface area contributed by atoms with Crippen molar-refractivity contribution in [3.63, 3.8) is 0 Å². The summed E-state index contributed by atoms with van der Waals surface area (Å²) in [6.45, 7) is 3.32. The van der Waals surface area contributed by atoms with Crippen molar-refractivity contribution in [2.75, 3.05) is 46.5 Å². The maximum Gasteiger partial charge on any atom is 0.0501 e. The number of hydrogen-bond acceptors (Lipinski definition) is 4. The Balaban J connectivity index is 2.19. The first kappa shape index (κ1) is 13.9. The summed E-state index contributed by atoms with van der Waals surface area (Å²) in [7, 11) is 6.38. The Morgan fingerprint density at radius 1 is 1.12 bits per heavy atom. The summed E-state index contributed by atoms with van der Waals surface area (Å²) < 4.78 is 0. The second kappa shape index (κ2) is 7.25. The Morgan fingerprint density at radius 2 is 1.88 bits per heavy atom. The van der Waals surface area contributed by atoms with Crippen LogP contribution in [0.1, 0.15) is 12.1 Å². The van der Waals surface area contributed by atoms with E-state index in [2.05, 4.69) is 35.9 Å². The normalized spacial score (nSPS) is 11.4. The van der Waals surface area contributed by atoms with Gasteiger partial charge in [-0.15, -0.1) is 0 Å². The Labute approximate surface area is 104 Å². The fourth-order valence-electron chi connectivity index (χ4n) is 1.66. The standard InChI is InChI=1S/C13H24N4/c1-16(2)8-4-9-17(3)10-7-13-6-5-12(14)11-15-13/h5-6,11H,4,7-10,14H2,1-3H3. The molecule has 0 unspecified atom stereocenters. The Bertz CT molecular complexity index is 308. The van der Waals surface area contributed by atoms with Crippen molar-refractivity contribution < 1.29 is 0 Å². The molecule has 0 radical (unpaired) electrons. The third-order valence-corrected chi connectivity index (χ3v) is 2.74. The summed E-state index contributed by atoms with van der Waals surface area (Å²) in [5.74, 6) is 0. The number of nitrogens with two attached hydrogens (primary N) is 1. The van der Waals surface area contributed by atoms with Crippen molar-refractivity contribution in [1.29, 1.82) is 0 Å². The summed E-state index contributed by atoms with van der Waals surface area (Å²) in [5, 5.41) is 0. The highest BCUT2D eigenvalue weighted by molar-refractivity contribution is 5.34. The first-order chi connectivity index (χ1) is 8.08. The Hall–Kier alpha value is -1.13. The molecular formula is C13H24N4. The fourth-order valence-corrected chi connectivity index (χ4v) is 1.66. The van der Waals surface area contributed by atoms with Crippen LogP contribution >= 0.6 is 0 Å². The summed E-state index contributed by atoms with van der Waals surface area (Å²) >= 11 is 0. The molecule has 0 saturated heterocycles. The van der Waals surface area contributed by atoms with E-state index in [0.29, 0.717) is 0 Å². The molecule has 1 rings (SSSR count). The molecule has 17 heavy (non-hydrogen) atoms. The van der Waals surface area contributed by atoms with Crippen LogP contribution in [0, 0.1) is 0 Å². The van der Waals surface area contributed by atoms with E-state index in [1.807, 2.05) is 12.1 Å². The average molecular weight is 236 g/mol. The van der Waals surface area contributed by atoms with Gasteiger partial charge in [0, 0.05) is 18.7 Å². The Kier molecular flexibility index (Phi) is 5.94. The van der Waals surface area contributed by atoms with Crippen molar-refractivity contribution >= 4 is 5.69 Å². The molecule has 96 valence electrons. The number of aromatic nitrogens is 1. The van der Waals surface area contributed by atoms with Crippen molar-refractivity contribution in [2.24, 2.45) is 0 Å². The first-order valence-electron chi connectivity index (χ1n) is 6.11. The van der Waals surface area contributed by atoms with Gasteiger partial charge in [-0.1, -0.05) is 0 Å². The van der Waals surface area contributed by atoms with Gasteiger partial charge in [-0.25, -0.2) is 0 Å². The molecule has 1 aromatic heterocycles. The van der Waals surface area contributed by atoms with Crippen LogP contribution < -0.4 is 5.73 Å². The maximum atomic E-state index is 5.60. The summed E-state index contributed by atoms with van der Waals surface area (Å²) in [4.78, 5) is 8.87. The minimum absolute atomic E-state index is 0.730. The molecule has 1 aromatic rings.